The van der Waals surface area contributed by atoms with E-state index in [9.17, 15) is 4.79 Å². The summed E-state index contributed by atoms with van der Waals surface area (Å²) in [5.74, 6) is -0.272. The zero-order valence-electron chi connectivity index (χ0n) is 12.4. The third-order valence-electron chi connectivity index (χ3n) is 2.45. The molecule has 2 atom stereocenters. The van der Waals surface area contributed by atoms with Gasteiger partial charge in [-0.25, -0.2) is 0 Å². The Bertz CT molecular complexity index is 216. The number of esters is 1. The number of unbranched alkanes of at least 4 members (excludes halogenated alkanes) is 1. The lowest BCUT2D eigenvalue weighted by Crippen LogP contribution is -2.25. The molecule has 108 valence electrons. The predicted molar refractivity (Wildman–Crippen MR) is 71.5 cm³/mol. The zero-order chi connectivity index (χ0) is 14.0. The molecule has 0 saturated carbocycles. The molecule has 0 aromatic rings. The first-order valence-corrected chi connectivity index (χ1v) is 6.87. The Morgan fingerprint density at radius 1 is 1.00 bits per heavy atom. The molecule has 0 heterocycles. The highest BCUT2D eigenvalue weighted by molar-refractivity contribution is 5.71. The molecule has 0 N–H and O–H groups in total. The number of hydrogen-bond acceptors (Lipinski definition) is 4. The number of ether oxygens (including phenoxy) is 3. The van der Waals surface area contributed by atoms with E-state index in [0.717, 1.165) is 19.4 Å². The van der Waals surface area contributed by atoms with Gasteiger partial charge >= 0.3 is 5.97 Å². The predicted octanol–water partition coefficient (Wildman–Crippen LogP) is 2.80. The molecule has 0 aliphatic rings. The highest BCUT2D eigenvalue weighted by Crippen LogP contribution is 2.02. The number of rotatable bonds is 10. The molecular weight excluding hydrogens is 232 g/mol. The maximum absolute atomic E-state index is 11.3. The monoisotopic (exact) mass is 260 g/mol. The van der Waals surface area contributed by atoms with Crippen LogP contribution in [0.25, 0.3) is 0 Å². The van der Waals surface area contributed by atoms with Gasteiger partial charge in [-0.3, -0.25) is 4.79 Å². The topological polar surface area (TPSA) is 44.8 Å². The summed E-state index contributed by atoms with van der Waals surface area (Å²) in [5.41, 5.74) is 0. The van der Waals surface area contributed by atoms with Crippen molar-refractivity contribution in [2.75, 3.05) is 19.8 Å². The molecule has 0 spiro atoms. The van der Waals surface area contributed by atoms with Crippen molar-refractivity contribution in [2.24, 2.45) is 5.92 Å². The summed E-state index contributed by atoms with van der Waals surface area (Å²) < 4.78 is 16.2. The van der Waals surface area contributed by atoms with Gasteiger partial charge in [0.05, 0.1) is 24.7 Å². The standard InChI is InChI=1S/C14H28O4/c1-6-7-8-16-12(4)9-17-13(5)10-18-14(15)11(2)3/h11-13H,6-10H2,1-5H3. The van der Waals surface area contributed by atoms with Crippen LogP contribution in [0.15, 0.2) is 0 Å². The quantitative estimate of drug-likeness (QED) is 0.447. The van der Waals surface area contributed by atoms with E-state index >= 15 is 0 Å². The van der Waals surface area contributed by atoms with Gasteiger partial charge in [-0.2, -0.15) is 0 Å². The summed E-state index contributed by atoms with van der Waals surface area (Å²) in [6.45, 7) is 11.3. The lowest BCUT2D eigenvalue weighted by Gasteiger charge is -2.18. The fourth-order valence-electron chi connectivity index (χ4n) is 1.19. The van der Waals surface area contributed by atoms with Gasteiger partial charge in [-0.15, -0.1) is 0 Å². The van der Waals surface area contributed by atoms with E-state index in [0.29, 0.717) is 13.2 Å². The van der Waals surface area contributed by atoms with Crippen LogP contribution in [0.2, 0.25) is 0 Å². The fraction of sp³-hybridized carbons (Fsp3) is 0.929. The largest absolute Gasteiger partial charge is 0.463 e. The van der Waals surface area contributed by atoms with Gasteiger partial charge in [0, 0.05) is 6.61 Å². The van der Waals surface area contributed by atoms with Gasteiger partial charge in [0.2, 0.25) is 0 Å². The summed E-state index contributed by atoms with van der Waals surface area (Å²) in [6, 6.07) is 0. The van der Waals surface area contributed by atoms with Crippen LogP contribution in [0.4, 0.5) is 0 Å². The zero-order valence-corrected chi connectivity index (χ0v) is 12.4. The Labute approximate surface area is 111 Å². The minimum Gasteiger partial charge on any atom is -0.463 e. The van der Waals surface area contributed by atoms with E-state index < -0.39 is 0 Å². The Balaban J connectivity index is 3.57. The highest BCUT2D eigenvalue weighted by atomic mass is 16.6. The van der Waals surface area contributed by atoms with Crippen LogP contribution < -0.4 is 0 Å². The molecule has 0 rings (SSSR count). The number of carbonyl (C=O) groups is 1. The van der Waals surface area contributed by atoms with Crippen LogP contribution >= 0.6 is 0 Å². The van der Waals surface area contributed by atoms with Crippen LogP contribution in [0.3, 0.4) is 0 Å². The van der Waals surface area contributed by atoms with Crippen molar-refractivity contribution in [1.29, 1.82) is 0 Å². The minimum atomic E-state index is -0.183. The Kier molecular flexibility index (Phi) is 9.98. The summed E-state index contributed by atoms with van der Waals surface area (Å²) >= 11 is 0. The van der Waals surface area contributed by atoms with Crippen molar-refractivity contribution in [1.82, 2.24) is 0 Å². The third-order valence-corrected chi connectivity index (χ3v) is 2.45. The smallest absolute Gasteiger partial charge is 0.308 e. The van der Waals surface area contributed by atoms with Crippen LogP contribution in [0.1, 0.15) is 47.5 Å². The molecule has 4 nitrogen and oxygen atoms in total. The van der Waals surface area contributed by atoms with Crippen molar-refractivity contribution in [2.45, 2.75) is 59.7 Å². The highest BCUT2D eigenvalue weighted by Gasteiger charge is 2.12. The Morgan fingerprint density at radius 3 is 2.17 bits per heavy atom. The van der Waals surface area contributed by atoms with Gasteiger partial charge in [0.1, 0.15) is 6.61 Å². The molecule has 2 unspecified atom stereocenters. The SMILES string of the molecule is CCCCOC(C)COC(C)COC(=O)C(C)C. The van der Waals surface area contributed by atoms with E-state index in [1.807, 2.05) is 27.7 Å². The average Bonchev–Trinajstić information content (AvgIpc) is 2.33. The molecule has 0 amide bonds. The summed E-state index contributed by atoms with van der Waals surface area (Å²) in [7, 11) is 0. The molecule has 4 heteroatoms. The first-order valence-electron chi connectivity index (χ1n) is 6.87. The van der Waals surface area contributed by atoms with Crippen molar-refractivity contribution < 1.29 is 19.0 Å². The summed E-state index contributed by atoms with van der Waals surface area (Å²) in [5, 5.41) is 0. The van der Waals surface area contributed by atoms with Crippen LogP contribution in [0, 0.1) is 5.92 Å². The van der Waals surface area contributed by atoms with Gasteiger partial charge in [-0.1, -0.05) is 27.2 Å². The van der Waals surface area contributed by atoms with Crippen molar-refractivity contribution in [3.63, 3.8) is 0 Å². The van der Waals surface area contributed by atoms with Crippen molar-refractivity contribution in [3.05, 3.63) is 0 Å². The lowest BCUT2D eigenvalue weighted by molar-refractivity contribution is -0.152. The van der Waals surface area contributed by atoms with E-state index in [1.165, 1.54) is 0 Å². The Morgan fingerprint density at radius 2 is 1.61 bits per heavy atom. The third kappa shape index (κ3) is 9.42. The molecule has 0 aliphatic heterocycles. The number of hydrogen-bond donors (Lipinski definition) is 0. The van der Waals surface area contributed by atoms with Crippen molar-refractivity contribution >= 4 is 5.97 Å². The van der Waals surface area contributed by atoms with Gasteiger partial charge in [0.25, 0.3) is 0 Å². The Hall–Kier alpha value is -0.610. The molecule has 0 aromatic carbocycles. The molecule has 18 heavy (non-hydrogen) atoms. The minimum absolute atomic E-state index is 0.0831. The molecular formula is C14H28O4. The second-order valence-electron chi connectivity index (χ2n) is 4.96. The normalized spacial score (nSPS) is 14.6. The maximum atomic E-state index is 11.3. The van der Waals surface area contributed by atoms with Crippen LogP contribution in [-0.2, 0) is 19.0 Å². The van der Waals surface area contributed by atoms with Crippen LogP contribution in [0.5, 0.6) is 0 Å². The van der Waals surface area contributed by atoms with E-state index in [4.69, 9.17) is 14.2 Å². The van der Waals surface area contributed by atoms with Crippen LogP contribution in [-0.4, -0.2) is 38.0 Å². The van der Waals surface area contributed by atoms with E-state index in [-0.39, 0.29) is 24.1 Å². The van der Waals surface area contributed by atoms with E-state index in [1.54, 1.807) is 0 Å². The fourth-order valence-corrected chi connectivity index (χ4v) is 1.19. The summed E-state index contributed by atoms with van der Waals surface area (Å²) in [4.78, 5) is 11.3. The molecule has 0 saturated heterocycles. The summed E-state index contributed by atoms with van der Waals surface area (Å²) in [6.07, 6.45) is 2.20. The van der Waals surface area contributed by atoms with E-state index in [2.05, 4.69) is 6.92 Å². The second-order valence-corrected chi connectivity index (χ2v) is 4.96. The first kappa shape index (κ1) is 17.4. The molecule has 0 aromatic heterocycles. The molecule has 0 fully saturated rings. The van der Waals surface area contributed by atoms with Gasteiger partial charge in [-0.05, 0) is 20.3 Å². The molecule has 0 bridgehead atoms. The van der Waals surface area contributed by atoms with Gasteiger partial charge < -0.3 is 14.2 Å². The average molecular weight is 260 g/mol. The molecule has 0 radical (unpaired) electrons. The first-order chi connectivity index (χ1) is 8.47. The molecule has 0 aliphatic carbocycles. The maximum Gasteiger partial charge on any atom is 0.308 e. The van der Waals surface area contributed by atoms with Crippen molar-refractivity contribution in [3.8, 4) is 0 Å². The lowest BCUT2D eigenvalue weighted by atomic mass is 10.2. The second kappa shape index (κ2) is 10.3. The van der Waals surface area contributed by atoms with Gasteiger partial charge in [0.15, 0.2) is 0 Å². The number of carbonyl (C=O) groups excluding carboxylic acids is 1.